The van der Waals surface area contributed by atoms with Gasteiger partial charge < -0.3 is 9.47 Å². The molecule has 0 N–H and O–H groups in total. The number of hydrogen-bond acceptors (Lipinski definition) is 1. The number of rotatable bonds is 7. The van der Waals surface area contributed by atoms with Crippen molar-refractivity contribution in [2.75, 3.05) is 4.90 Å². The molecule has 4 bridgehead atoms. The minimum absolute atomic E-state index is 0.0913. The molecule has 1 heterocycles. The first-order valence-electron chi connectivity index (χ1n) is 24.2. The van der Waals surface area contributed by atoms with Gasteiger partial charge in [-0.15, -0.1) is 0 Å². The van der Waals surface area contributed by atoms with Gasteiger partial charge in [0.25, 0.3) is 0 Å². The molecule has 0 unspecified atom stereocenters. The lowest BCUT2D eigenvalue weighted by Crippen LogP contribution is -2.55. The van der Waals surface area contributed by atoms with Gasteiger partial charge in [-0.25, -0.2) is 0 Å². The molecule has 15 rings (SSSR count). The minimum Gasteiger partial charge on any atom is -0.310 e. The van der Waals surface area contributed by atoms with Crippen molar-refractivity contribution in [2.45, 2.75) is 37.5 Å². The summed E-state index contributed by atoms with van der Waals surface area (Å²) in [6.07, 6.45) is 6.98. The molecule has 4 saturated carbocycles. The molecule has 1 aromatic heterocycles. The van der Waals surface area contributed by atoms with E-state index in [-0.39, 0.29) is 5.41 Å². The summed E-state index contributed by atoms with van der Waals surface area (Å²) in [5, 5.41) is 2.51. The predicted molar refractivity (Wildman–Crippen MR) is 275 cm³/mol. The molecule has 0 atom stereocenters. The number of aromatic nitrogens is 1. The molecule has 0 saturated heterocycles. The maximum absolute atomic E-state index is 2.52. The first kappa shape index (κ1) is 37.9. The average molecular weight is 847 g/mol. The van der Waals surface area contributed by atoms with Crippen LogP contribution in [0.3, 0.4) is 0 Å². The van der Waals surface area contributed by atoms with Crippen molar-refractivity contribution in [3.8, 4) is 50.2 Å². The molecular weight excluding hydrogens is 797 g/mol. The molecule has 0 aliphatic heterocycles. The first-order valence-corrected chi connectivity index (χ1v) is 24.2. The summed E-state index contributed by atoms with van der Waals surface area (Å²) >= 11 is 0. The SMILES string of the molecule is c1ccc(-c2ccc(N(c3ccc(-c4ccccc4)cc3)c3ccc4c(c3)c3ccc(-c5cccc6c5C5(c7ccccc7-6)C6CC7CC(C6)CC5C7)cc3n4-c3ccccc3)cc2)cc1. The van der Waals surface area contributed by atoms with Gasteiger partial charge in [-0.05, 0) is 172 Å². The van der Waals surface area contributed by atoms with Crippen LogP contribution in [0.15, 0.2) is 218 Å². The van der Waals surface area contributed by atoms with Crippen LogP contribution in [0.5, 0.6) is 0 Å². The van der Waals surface area contributed by atoms with Crippen molar-refractivity contribution in [3.05, 3.63) is 230 Å². The standard InChI is InChI=1S/C64H50N2/c1-4-13-44(14-5-1)46-23-28-52(29-24-46)65(53-30-25-47(26-31-53)45-15-6-2-7-16-45)54-32-34-61-59(41-54)57-33-27-48(40-62(57)66(61)51-17-8-3-9-18-51)55-20-12-21-58-56-19-10-11-22-60(56)64(63(55)58)49-36-42-35-43(38-49)39-50(64)37-42/h1-34,40-43,49-50H,35-39H2. The van der Waals surface area contributed by atoms with Gasteiger partial charge in [0, 0.05) is 38.9 Å². The van der Waals surface area contributed by atoms with Crippen LogP contribution < -0.4 is 4.90 Å². The second kappa shape index (κ2) is 14.8. The molecular formula is C64H50N2. The van der Waals surface area contributed by atoms with Crippen molar-refractivity contribution >= 4 is 38.9 Å². The zero-order chi connectivity index (χ0) is 43.3. The van der Waals surface area contributed by atoms with Gasteiger partial charge in [0.05, 0.1) is 11.0 Å². The molecule has 0 amide bonds. The van der Waals surface area contributed by atoms with Crippen molar-refractivity contribution in [2.24, 2.45) is 23.7 Å². The third-order valence-electron chi connectivity index (χ3n) is 16.4. The van der Waals surface area contributed by atoms with E-state index in [1.54, 1.807) is 11.1 Å². The van der Waals surface area contributed by atoms with Gasteiger partial charge in [0.1, 0.15) is 0 Å². The molecule has 5 aliphatic carbocycles. The fourth-order valence-electron chi connectivity index (χ4n) is 13.9. The molecule has 316 valence electrons. The number of hydrogen-bond donors (Lipinski definition) is 0. The summed E-state index contributed by atoms with van der Waals surface area (Å²) < 4.78 is 2.50. The van der Waals surface area contributed by atoms with Crippen molar-refractivity contribution < 1.29 is 0 Å². The predicted octanol–water partition coefficient (Wildman–Crippen LogP) is 17.0. The van der Waals surface area contributed by atoms with Crippen LogP contribution in [-0.4, -0.2) is 4.57 Å². The van der Waals surface area contributed by atoms with E-state index in [2.05, 4.69) is 228 Å². The monoisotopic (exact) mass is 846 g/mol. The fraction of sp³-hybridized carbons (Fsp3) is 0.156. The minimum atomic E-state index is 0.0913. The Bertz CT molecular complexity index is 3340. The number of benzene rings is 9. The zero-order valence-corrected chi connectivity index (χ0v) is 37.0. The first-order chi connectivity index (χ1) is 32.7. The van der Waals surface area contributed by atoms with Crippen molar-refractivity contribution in [1.29, 1.82) is 0 Å². The lowest BCUT2D eigenvalue weighted by molar-refractivity contribution is -0.0397. The highest BCUT2D eigenvalue weighted by atomic mass is 15.1. The second-order valence-corrected chi connectivity index (χ2v) is 19.7. The fourth-order valence-corrected chi connectivity index (χ4v) is 13.9. The number of fused-ring (bicyclic) bond motifs is 6. The van der Waals surface area contributed by atoms with Gasteiger partial charge in [0.15, 0.2) is 0 Å². The molecule has 2 heteroatoms. The molecule has 9 aromatic carbocycles. The van der Waals surface area contributed by atoms with E-state index in [9.17, 15) is 0 Å². The Morgan fingerprint density at radius 3 is 1.52 bits per heavy atom. The molecule has 2 nitrogen and oxygen atoms in total. The average Bonchev–Trinajstić information content (AvgIpc) is 3.87. The summed E-state index contributed by atoms with van der Waals surface area (Å²) in [5.74, 6) is 3.23. The van der Waals surface area contributed by atoms with Gasteiger partial charge in [-0.2, -0.15) is 0 Å². The Balaban J connectivity index is 0.946. The highest BCUT2D eigenvalue weighted by molar-refractivity contribution is 6.12. The van der Waals surface area contributed by atoms with E-state index in [1.165, 1.54) is 104 Å². The van der Waals surface area contributed by atoms with Crippen LogP contribution in [0, 0.1) is 23.7 Å². The Hall–Kier alpha value is -7.42. The summed E-state index contributed by atoms with van der Waals surface area (Å²) in [6.45, 7) is 0. The number of anilines is 3. The highest BCUT2D eigenvalue weighted by Gasteiger charge is 2.62. The van der Waals surface area contributed by atoms with Gasteiger partial charge >= 0.3 is 0 Å². The van der Waals surface area contributed by atoms with E-state index in [0.29, 0.717) is 11.8 Å². The molecule has 1 spiro atoms. The summed E-state index contributed by atoms with van der Waals surface area (Å²) in [6, 6.07) is 81.6. The van der Waals surface area contributed by atoms with Crippen LogP contribution in [0.4, 0.5) is 17.1 Å². The van der Waals surface area contributed by atoms with Crippen LogP contribution in [-0.2, 0) is 5.41 Å². The van der Waals surface area contributed by atoms with Crippen molar-refractivity contribution in [3.63, 3.8) is 0 Å². The summed E-state index contributed by atoms with van der Waals surface area (Å²) in [5.41, 5.74) is 20.8. The molecule has 66 heavy (non-hydrogen) atoms. The van der Waals surface area contributed by atoms with E-state index in [4.69, 9.17) is 0 Å². The third-order valence-corrected chi connectivity index (χ3v) is 16.4. The van der Waals surface area contributed by atoms with Gasteiger partial charge in [-0.3, -0.25) is 0 Å². The maximum Gasteiger partial charge on any atom is 0.0547 e. The quantitative estimate of drug-likeness (QED) is 0.155. The Labute approximate surface area is 387 Å². The molecule has 4 fully saturated rings. The Morgan fingerprint density at radius 2 is 0.879 bits per heavy atom. The normalized spacial score (nSPS) is 21.1. The lowest BCUT2D eigenvalue weighted by Gasteiger charge is -2.61. The molecule has 5 aliphatic rings. The number of para-hydroxylation sites is 1. The highest BCUT2D eigenvalue weighted by Crippen LogP contribution is 2.70. The summed E-state index contributed by atoms with van der Waals surface area (Å²) in [7, 11) is 0. The van der Waals surface area contributed by atoms with Crippen LogP contribution in [0.2, 0.25) is 0 Å². The third kappa shape index (κ3) is 5.67. The van der Waals surface area contributed by atoms with E-state index in [0.717, 1.165) is 28.9 Å². The van der Waals surface area contributed by atoms with Crippen molar-refractivity contribution in [1.82, 2.24) is 4.57 Å². The van der Waals surface area contributed by atoms with Crippen LogP contribution in [0.1, 0.15) is 43.2 Å². The smallest absolute Gasteiger partial charge is 0.0547 e. The van der Waals surface area contributed by atoms with E-state index < -0.39 is 0 Å². The van der Waals surface area contributed by atoms with E-state index in [1.807, 2.05) is 0 Å². The second-order valence-electron chi connectivity index (χ2n) is 19.7. The Morgan fingerprint density at radius 1 is 0.364 bits per heavy atom. The van der Waals surface area contributed by atoms with Crippen LogP contribution in [0.25, 0.3) is 72.0 Å². The van der Waals surface area contributed by atoms with Gasteiger partial charge in [-0.1, -0.05) is 158 Å². The van der Waals surface area contributed by atoms with Crippen LogP contribution >= 0.6 is 0 Å². The molecule has 0 radical (unpaired) electrons. The molecule has 10 aromatic rings. The topological polar surface area (TPSA) is 8.17 Å². The summed E-state index contributed by atoms with van der Waals surface area (Å²) in [4.78, 5) is 2.42. The van der Waals surface area contributed by atoms with E-state index >= 15 is 0 Å². The maximum atomic E-state index is 2.52. The lowest BCUT2D eigenvalue weighted by atomic mass is 9.42. The Kier molecular flexibility index (Phi) is 8.50. The largest absolute Gasteiger partial charge is 0.310 e. The zero-order valence-electron chi connectivity index (χ0n) is 37.0. The van der Waals surface area contributed by atoms with Gasteiger partial charge in [0.2, 0.25) is 0 Å². The number of nitrogens with zero attached hydrogens (tertiary/aromatic N) is 2.